The molecule has 4 nitrogen and oxygen atoms in total. The molecule has 2 aliphatic heterocycles. The van der Waals surface area contributed by atoms with E-state index in [1.807, 2.05) is 23.1 Å². The molecular weight excluding hydrogens is 400 g/mol. The van der Waals surface area contributed by atoms with Crippen molar-refractivity contribution in [1.29, 1.82) is 0 Å². The molecule has 6 heteroatoms. The van der Waals surface area contributed by atoms with E-state index in [0.29, 0.717) is 6.54 Å². The predicted octanol–water partition coefficient (Wildman–Crippen LogP) is 4.29. The largest absolute Gasteiger partial charge is 0.477 e. The summed E-state index contributed by atoms with van der Waals surface area (Å²) in [5, 5.41) is 2.09. The minimum atomic E-state index is -0.424. The number of piperidine rings is 1. The lowest BCUT2D eigenvalue weighted by atomic mass is 10.1. The normalized spacial score (nSPS) is 20.1. The van der Waals surface area contributed by atoms with Crippen molar-refractivity contribution in [2.24, 2.45) is 0 Å². The molecule has 0 saturated carbocycles. The van der Waals surface area contributed by atoms with Gasteiger partial charge in [-0.15, -0.1) is 11.3 Å². The van der Waals surface area contributed by atoms with Gasteiger partial charge >= 0.3 is 0 Å². The summed E-state index contributed by atoms with van der Waals surface area (Å²) in [6.45, 7) is 3.09. The minimum Gasteiger partial charge on any atom is -0.477 e. The highest BCUT2D eigenvalue weighted by Gasteiger charge is 2.34. The maximum absolute atomic E-state index is 12.9. The van der Waals surface area contributed by atoms with Crippen LogP contribution >= 0.6 is 27.3 Å². The monoisotopic (exact) mass is 420 g/mol. The van der Waals surface area contributed by atoms with E-state index in [0.717, 1.165) is 48.4 Å². The van der Waals surface area contributed by atoms with Crippen molar-refractivity contribution in [2.75, 3.05) is 24.5 Å². The summed E-state index contributed by atoms with van der Waals surface area (Å²) in [7, 11) is 0. The molecule has 0 N–H and O–H groups in total. The number of carbonyl (C=O) groups excluding carboxylic acids is 1. The first-order valence-electron chi connectivity index (χ1n) is 8.73. The summed E-state index contributed by atoms with van der Waals surface area (Å²) in [6.07, 6.45) is 2.99. The summed E-state index contributed by atoms with van der Waals surface area (Å²) in [6, 6.07) is 10.1. The molecular formula is C19H21BrN2O2S. The SMILES string of the molecule is O=C(C1CN(Cc2sccc2Br)c2ccccc2O1)N1CCCCC1. The van der Waals surface area contributed by atoms with Crippen molar-refractivity contribution in [3.8, 4) is 5.75 Å². The number of benzene rings is 1. The van der Waals surface area contributed by atoms with Gasteiger partial charge in [0.25, 0.3) is 5.91 Å². The van der Waals surface area contributed by atoms with Crippen LogP contribution in [0.1, 0.15) is 24.1 Å². The third-order valence-electron chi connectivity index (χ3n) is 4.83. The molecule has 1 aromatic heterocycles. The zero-order chi connectivity index (χ0) is 17.2. The van der Waals surface area contributed by atoms with Crippen molar-refractivity contribution in [2.45, 2.75) is 31.9 Å². The number of nitrogens with zero attached hydrogens (tertiary/aromatic N) is 2. The highest BCUT2D eigenvalue weighted by molar-refractivity contribution is 9.10. The molecule has 1 atom stereocenters. The number of thiophene rings is 1. The van der Waals surface area contributed by atoms with E-state index in [2.05, 4.69) is 38.3 Å². The van der Waals surface area contributed by atoms with Gasteiger partial charge in [0.1, 0.15) is 5.75 Å². The standard InChI is InChI=1S/C19H21BrN2O2S/c20-14-8-11-25-18(14)13-22-12-17(19(23)21-9-4-1-5-10-21)24-16-7-3-2-6-15(16)22/h2-3,6-8,11,17H,1,4-5,9-10,12-13H2. The second-order valence-corrected chi connectivity index (χ2v) is 8.39. The van der Waals surface area contributed by atoms with Crippen LogP contribution in [0.2, 0.25) is 0 Å². The van der Waals surface area contributed by atoms with Gasteiger partial charge in [0.2, 0.25) is 0 Å². The number of likely N-dealkylation sites (tertiary alicyclic amines) is 1. The zero-order valence-corrected chi connectivity index (χ0v) is 16.4. The number of ether oxygens (including phenoxy) is 1. The Bertz CT molecular complexity index is 757. The van der Waals surface area contributed by atoms with Crippen molar-refractivity contribution in [1.82, 2.24) is 4.90 Å². The number of fused-ring (bicyclic) bond motifs is 1. The second kappa shape index (κ2) is 7.38. The fourth-order valence-electron chi connectivity index (χ4n) is 3.51. The minimum absolute atomic E-state index is 0.129. The molecule has 0 spiro atoms. The lowest BCUT2D eigenvalue weighted by Gasteiger charge is -2.38. The van der Waals surface area contributed by atoms with E-state index >= 15 is 0 Å². The Hall–Kier alpha value is -1.53. The zero-order valence-electron chi connectivity index (χ0n) is 14.0. The summed E-state index contributed by atoms with van der Waals surface area (Å²) in [4.78, 5) is 18.4. The number of rotatable bonds is 3. The molecule has 25 heavy (non-hydrogen) atoms. The third-order valence-corrected chi connectivity index (χ3v) is 6.74. The van der Waals surface area contributed by atoms with Gasteiger partial charge in [-0.1, -0.05) is 12.1 Å². The fraction of sp³-hybridized carbons (Fsp3) is 0.421. The van der Waals surface area contributed by atoms with E-state index < -0.39 is 6.10 Å². The number of carbonyl (C=O) groups is 1. The summed E-state index contributed by atoms with van der Waals surface area (Å²) < 4.78 is 7.21. The molecule has 0 bridgehead atoms. The van der Waals surface area contributed by atoms with Crippen molar-refractivity contribution in [3.05, 3.63) is 45.1 Å². The Kier molecular flexibility index (Phi) is 4.99. The number of halogens is 1. The van der Waals surface area contributed by atoms with Crippen LogP contribution in [0.3, 0.4) is 0 Å². The number of anilines is 1. The number of hydrogen-bond donors (Lipinski definition) is 0. The Morgan fingerprint density at radius 1 is 1.20 bits per heavy atom. The highest BCUT2D eigenvalue weighted by Crippen LogP contribution is 2.36. The average Bonchev–Trinajstić information content (AvgIpc) is 3.06. The predicted molar refractivity (Wildman–Crippen MR) is 104 cm³/mol. The van der Waals surface area contributed by atoms with Crippen molar-refractivity contribution in [3.63, 3.8) is 0 Å². The molecule has 2 aliphatic rings. The van der Waals surface area contributed by atoms with Crippen LogP contribution in [0.4, 0.5) is 5.69 Å². The molecule has 1 unspecified atom stereocenters. The van der Waals surface area contributed by atoms with Gasteiger partial charge in [0, 0.05) is 22.4 Å². The summed E-state index contributed by atoms with van der Waals surface area (Å²) in [5.41, 5.74) is 1.06. The average molecular weight is 421 g/mol. The van der Waals surface area contributed by atoms with Crippen LogP contribution in [-0.4, -0.2) is 36.5 Å². The van der Waals surface area contributed by atoms with Gasteiger partial charge < -0.3 is 14.5 Å². The number of amides is 1. The van der Waals surface area contributed by atoms with Crippen LogP contribution < -0.4 is 9.64 Å². The molecule has 132 valence electrons. The van der Waals surface area contributed by atoms with E-state index in [1.54, 1.807) is 11.3 Å². The van der Waals surface area contributed by atoms with Gasteiger partial charge in [-0.2, -0.15) is 0 Å². The molecule has 1 fully saturated rings. The van der Waals surface area contributed by atoms with Crippen molar-refractivity contribution < 1.29 is 9.53 Å². The first-order valence-corrected chi connectivity index (χ1v) is 10.4. The Labute approximate surface area is 160 Å². The van der Waals surface area contributed by atoms with Crippen LogP contribution in [0.5, 0.6) is 5.75 Å². The Morgan fingerprint density at radius 2 is 2.00 bits per heavy atom. The molecule has 1 aromatic carbocycles. The molecule has 1 saturated heterocycles. The Balaban J connectivity index is 1.57. The van der Waals surface area contributed by atoms with Gasteiger partial charge in [-0.05, 0) is 58.8 Å². The maximum atomic E-state index is 12.9. The molecule has 3 heterocycles. The van der Waals surface area contributed by atoms with Crippen LogP contribution in [0.15, 0.2) is 40.2 Å². The first-order chi connectivity index (χ1) is 12.2. The Morgan fingerprint density at radius 3 is 2.76 bits per heavy atom. The smallest absolute Gasteiger partial charge is 0.265 e. The van der Waals surface area contributed by atoms with Gasteiger partial charge in [0.05, 0.1) is 18.8 Å². The number of hydrogen-bond acceptors (Lipinski definition) is 4. The van der Waals surface area contributed by atoms with Crippen molar-refractivity contribution >= 4 is 38.9 Å². The highest BCUT2D eigenvalue weighted by atomic mass is 79.9. The molecule has 0 radical (unpaired) electrons. The van der Waals surface area contributed by atoms with E-state index in [4.69, 9.17) is 4.74 Å². The van der Waals surface area contributed by atoms with Gasteiger partial charge in [-0.3, -0.25) is 4.79 Å². The molecule has 0 aliphatic carbocycles. The quantitative estimate of drug-likeness (QED) is 0.742. The fourth-order valence-corrected chi connectivity index (χ4v) is 5.01. The molecule has 1 amide bonds. The maximum Gasteiger partial charge on any atom is 0.265 e. The summed E-state index contributed by atoms with van der Waals surface area (Å²) >= 11 is 5.35. The first kappa shape index (κ1) is 16.9. The van der Waals surface area contributed by atoms with Crippen LogP contribution in [-0.2, 0) is 11.3 Å². The van der Waals surface area contributed by atoms with E-state index in [-0.39, 0.29) is 5.91 Å². The third kappa shape index (κ3) is 3.55. The summed E-state index contributed by atoms with van der Waals surface area (Å²) in [5.74, 6) is 0.932. The van der Waals surface area contributed by atoms with E-state index in [9.17, 15) is 4.79 Å². The lowest BCUT2D eigenvalue weighted by molar-refractivity contribution is -0.139. The van der Waals surface area contributed by atoms with Crippen LogP contribution in [0.25, 0.3) is 0 Å². The van der Waals surface area contributed by atoms with Gasteiger partial charge in [0.15, 0.2) is 6.10 Å². The lowest BCUT2D eigenvalue weighted by Crippen LogP contribution is -2.51. The topological polar surface area (TPSA) is 32.8 Å². The molecule has 2 aromatic rings. The number of para-hydroxylation sites is 2. The van der Waals surface area contributed by atoms with E-state index in [1.165, 1.54) is 11.3 Å². The van der Waals surface area contributed by atoms with Gasteiger partial charge in [-0.25, -0.2) is 0 Å². The van der Waals surface area contributed by atoms with Crippen LogP contribution in [0, 0.1) is 0 Å². The second-order valence-electron chi connectivity index (χ2n) is 6.53. The molecule has 4 rings (SSSR count).